The van der Waals surface area contributed by atoms with E-state index in [1.807, 2.05) is 4.72 Å². The normalized spacial score (nSPS) is 13.7. The number of anilines is 1. The Labute approximate surface area is 176 Å². The quantitative estimate of drug-likeness (QED) is 0.267. The zero-order valence-electron chi connectivity index (χ0n) is 15.5. The van der Waals surface area contributed by atoms with Crippen molar-refractivity contribution in [2.75, 3.05) is 4.72 Å². The number of sulfonamides is 1. The summed E-state index contributed by atoms with van der Waals surface area (Å²) in [5, 5.41) is 11.8. The molecule has 0 amide bonds. The van der Waals surface area contributed by atoms with E-state index in [-0.39, 0.29) is 28.3 Å². The van der Waals surface area contributed by atoms with Crippen molar-refractivity contribution < 1.29 is 40.8 Å². The van der Waals surface area contributed by atoms with E-state index in [2.05, 4.69) is 4.74 Å². The van der Waals surface area contributed by atoms with Gasteiger partial charge < -0.3 is 4.74 Å². The molecule has 4 rings (SSSR count). The number of nitro benzene ring substituents is 1. The summed E-state index contributed by atoms with van der Waals surface area (Å²) in [4.78, 5) is 33.0. The molecule has 0 fully saturated rings. The minimum absolute atomic E-state index is 0.0879. The summed E-state index contributed by atoms with van der Waals surface area (Å²) in [5.41, 5.74) is -2.92. The fraction of sp³-hybridized carbons (Fsp3) is 0.0526. The molecule has 3 aromatic carbocycles. The van der Waals surface area contributed by atoms with Gasteiger partial charge in [-0.2, -0.15) is 13.2 Å². The van der Waals surface area contributed by atoms with Crippen LogP contribution in [0.2, 0.25) is 0 Å². The van der Waals surface area contributed by atoms with Gasteiger partial charge >= 0.3 is 18.1 Å². The largest absolute Gasteiger partial charge is 0.416 e. The Bertz CT molecular complexity index is 1450. The predicted octanol–water partition coefficient (Wildman–Crippen LogP) is 3.88. The predicted molar refractivity (Wildman–Crippen MR) is 103 cm³/mol. The standard InChI is InChI=1S/C19H9F3N2O7S/c20-19(21,22)10-4-5-15(14(7-10)24(27)28)32(29,30)23-11-6-9-2-1-3-12-16(9)13(8-11)18(26)31-17(12)25/h1-8,23H. The molecule has 1 N–H and O–H groups in total. The molecular formula is C19H9F3N2O7S. The first-order valence-corrected chi connectivity index (χ1v) is 10.1. The van der Waals surface area contributed by atoms with Gasteiger partial charge in [-0.15, -0.1) is 0 Å². The van der Waals surface area contributed by atoms with Crippen molar-refractivity contribution in [2.45, 2.75) is 11.1 Å². The second-order valence-electron chi connectivity index (χ2n) is 6.65. The molecule has 0 aromatic heterocycles. The van der Waals surface area contributed by atoms with Gasteiger partial charge in [0.05, 0.1) is 27.3 Å². The van der Waals surface area contributed by atoms with Gasteiger partial charge in [0.2, 0.25) is 0 Å². The Morgan fingerprint density at radius 2 is 1.66 bits per heavy atom. The smallest absolute Gasteiger partial charge is 0.386 e. The Morgan fingerprint density at radius 3 is 2.31 bits per heavy atom. The van der Waals surface area contributed by atoms with Crippen LogP contribution in [0.15, 0.2) is 53.4 Å². The van der Waals surface area contributed by atoms with Crippen LogP contribution in [0, 0.1) is 10.1 Å². The van der Waals surface area contributed by atoms with E-state index < -0.39 is 49.2 Å². The van der Waals surface area contributed by atoms with Crippen molar-refractivity contribution in [1.82, 2.24) is 0 Å². The van der Waals surface area contributed by atoms with Crippen molar-refractivity contribution >= 4 is 44.1 Å². The van der Waals surface area contributed by atoms with Crippen molar-refractivity contribution in [2.24, 2.45) is 0 Å². The Balaban J connectivity index is 1.83. The summed E-state index contributed by atoms with van der Waals surface area (Å²) in [7, 11) is -4.74. The number of carbonyl (C=O) groups is 2. The molecule has 1 aliphatic rings. The van der Waals surface area contributed by atoms with E-state index in [1.165, 1.54) is 24.3 Å². The van der Waals surface area contributed by atoms with Crippen LogP contribution in [0.3, 0.4) is 0 Å². The number of alkyl halides is 3. The molecule has 1 heterocycles. The van der Waals surface area contributed by atoms with Crippen LogP contribution in [0.4, 0.5) is 24.5 Å². The lowest BCUT2D eigenvalue weighted by atomic mass is 9.97. The summed E-state index contributed by atoms with van der Waals surface area (Å²) in [5.74, 6) is -1.90. The van der Waals surface area contributed by atoms with E-state index in [9.17, 15) is 41.3 Å². The monoisotopic (exact) mass is 466 g/mol. The van der Waals surface area contributed by atoms with Gasteiger partial charge in [0.25, 0.3) is 15.7 Å². The molecule has 9 nitrogen and oxygen atoms in total. The highest BCUT2D eigenvalue weighted by Gasteiger charge is 2.36. The van der Waals surface area contributed by atoms with Gasteiger partial charge in [-0.1, -0.05) is 12.1 Å². The molecule has 0 saturated carbocycles. The fourth-order valence-electron chi connectivity index (χ4n) is 3.29. The van der Waals surface area contributed by atoms with E-state index in [1.54, 1.807) is 0 Å². The van der Waals surface area contributed by atoms with E-state index in [0.29, 0.717) is 17.5 Å². The van der Waals surface area contributed by atoms with Gasteiger partial charge in [0.1, 0.15) is 0 Å². The topological polar surface area (TPSA) is 133 Å². The third-order valence-electron chi connectivity index (χ3n) is 4.63. The number of rotatable bonds is 4. The Morgan fingerprint density at radius 1 is 0.969 bits per heavy atom. The van der Waals surface area contributed by atoms with Crippen molar-refractivity contribution in [3.8, 4) is 0 Å². The first kappa shape index (κ1) is 21.2. The Kier molecular flexibility index (Phi) is 4.66. The maximum Gasteiger partial charge on any atom is 0.416 e. The number of nitrogens with zero attached hydrogens (tertiary/aromatic N) is 1. The fourth-order valence-corrected chi connectivity index (χ4v) is 4.48. The van der Waals surface area contributed by atoms with Crippen molar-refractivity contribution in [3.05, 3.63) is 75.3 Å². The second-order valence-corrected chi connectivity index (χ2v) is 8.30. The molecule has 0 unspecified atom stereocenters. The third kappa shape index (κ3) is 3.51. The zero-order valence-corrected chi connectivity index (χ0v) is 16.3. The lowest BCUT2D eigenvalue weighted by Crippen LogP contribution is -2.20. The molecule has 164 valence electrons. The van der Waals surface area contributed by atoms with Gasteiger partial charge in [-0.25, -0.2) is 18.0 Å². The van der Waals surface area contributed by atoms with Crippen molar-refractivity contribution in [1.29, 1.82) is 0 Å². The number of hydrogen-bond donors (Lipinski definition) is 1. The number of ether oxygens (including phenoxy) is 1. The molecular weight excluding hydrogens is 457 g/mol. The number of halogens is 3. The lowest BCUT2D eigenvalue weighted by molar-refractivity contribution is -0.388. The molecule has 32 heavy (non-hydrogen) atoms. The highest BCUT2D eigenvalue weighted by atomic mass is 32.2. The summed E-state index contributed by atoms with van der Waals surface area (Å²) >= 11 is 0. The lowest BCUT2D eigenvalue weighted by Gasteiger charge is -2.17. The third-order valence-corrected chi connectivity index (χ3v) is 6.06. The number of cyclic esters (lactones) is 2. The first-order chi connectivity index (χ1) is 14.9. The number of nitro groups is 1. The zero-order chi connectivity index (χ0) is 23.4. The molecule has 13 heteroatoms. The molecule has 3 aromatic rings. The van der Waals surface area contributed by atoms with Crippen LogP contribution in [0.5, 0.6) is 0 Å². The summed E-state index contributed by atoms with van der Waals surface area (Å²) < 4.78 is 70.8. The van der Waals surface area contributed by atoms with Gasteiger partial charge in [-0.05, 0) is 35.7 Å². The summed E-state index contributed by atoms with van der Waals surface area (Å²) in [6.45, 7) is 0. The molecule has 0 spiro atoms. The first-order valence-electron chi connectivity index (χ1n) is 8.60. The van der Waals surface area contributed by atoms with Crippen LogP contribution >= 0.6 is 0 Å². The van der Waals surface area contributed by atoms with Crippen LogP contribution < -0.4 is 4.72 Å². The Hall–Kier alpha value is -4.00. The van der Waals surface area contributed by atoms with Gasteiger partial charge in [0, 0.05) is 11.5 Å². The molecule has 0 radical (unpaired) electrons. The maximum absolute atomic E-state index is 12.9. The van der Waals surface area contributed by atoms with Gasteiger partial charge in [-0.3, -0.25) is 14.8 Å². The second kappa shape index (κ2) is 7.02. The van der Waals surface area contributed by atoms with Crippen LogP contribution in [0.1, 0.15) is 26.3 Å². The van der Waals surface area contributed by atoms with Crippen LogP contribution in [0.25, 0.3) is 10.8 Å². The van der Waals surface area contributed by atoms with E-state index >= 15 is 0 Å². The van der Waals surface area contributed by atoms with E-state index in [4.69, 9.17) is 0 Å². The number of hydrogen-bond acceptors (Lipinski definition) is 7. The molecule has 1 aliphatic heterocycles. The molecule has 0 atom stereocenters. The highest BCUT2D eigenvalue weighted by molar-refractivity contribution is 7.92. The SMILES string of the molecule is O=C1OC(=O)c2cc(NS(=O)(=O)c3ccc(C(F)(F)F)cc3[N+](=O)[O-])cc3cccc1c23. The minimum atomic E-state index is -4.92. The van der Waals surface area contributed by atoms with Gasteiger partial charge in [0.15, 0.2) is 4.90 Å². The number of nitrogens with one attached hydrogen (secondary N) is 1. The number of carbonyl (C=O) groups excluding carboxylic acids is 2. The number of benzene rings is 3. The summed E-state index contributed by atoms with van der Waals surface area (Å²) in [6.07, 6.45) is -4.92. The molecule has 0 aliphatic carbocycles. The minimum Gasteiger partial charge on any atom is -0.386 e. The van der Waals surface area contributed by atoms with Crippen LogP contribution in [-0.2, 0) is 20.9 Å². The van der Waals surface area contributed by atoms with Crippen molar-refractivity contribution in [3.63, 3.8) is 0 Å². The maximum atomic E-state index is 12.9. The molecule has 0 saturated heterocycles. The van der Waals surface area contributed by atoms with Crippen LogP contribution in [-0.4, -0.2) is 25.3 Å². The average Bonchev–Trinajstić information content (AvgIpc) is 2.70. The molecule has 0 bridgehead atoms. The highest BCUT2D eigenvalue weighted by Crippen LogP contribution is 2.36. The average molecular weight is 466 g/mol. The summed E-state index contributed by atoms with van der Waals surface area (Å²) in [6, 6.07) is 7.70. The number of esters is 2. The van der Waals surface area contributed by atoms with E-state index in [0.717, 1.165) is 6.07 Å².